The van der Waals surface area contributed by atoms with Gasteiger partial charge in [0.15, 0.2) is 0 Å². The van der Waals surface area contributed by atoms with E-state index in [2.05, 4.69) is 52.2 Å². The quantitative estimate of drug-likeness (QED) is 0.773. The Labute approximate surface area is 124 Å². The number of hydrogen-bond donors (Lipinski definition) is 1. The zero-order valence-electron chi connectivity index (χ0n) is 9.41. The molecule has 1 aromatic carbocycles. The number of thiophene rings is 1. The fraction of sp³-hybridized carbons (Fsp3) is 0.231. The maximum atomic E-state index is 6.17. The summed E-state index contributed by atoms with van der Waals surface area (Å²) in [7, 11) is 1.98. The minimum atomic E-state index is 0.294. The molecule has 0 saturated heterocycles. The monoisotopic (exact) mass is 377 g/mol. The normalized spacial score (nSPS) is 12.6. The van der Waals surface area contributed by atoms with Crippen LogP contribution in [0, 0.1) is 3.57 Å². The average Bonchev–Trinajstić information content (AvgIpc) is 2.75. The van der Waals surface area contributed by atoms with Crippen molar-refractivity contribution >= 4 is 45.5 Å². The molecule has 2 aromatic rings. The summed E-state index contributed by atoms with van der Waals surface area (Å²) in [6.45, 7) is 0. The van der Waals surface area contributed by atoms with Crippen LogP contribution in [0.2, 0.25) is 5.02 Å². The third-order valence-electron chi connectivity index (χ3n) is 2.66. The number of rotatable bonds is 4. The van der Waals surface area contributed by atoms with Gasteiger partial charge in [-0.15, -0.1) is 11.3 Å². The van der Waals surface area contributed by atoms with Crippen LogP contribution in [-0.2, 0) is 6.42 Å². The maximum Gasteiger partial charge on any atom is 0.0561 e. The third kappa shape index (κ3) is 3.44. The van der Waals surface area contributed by atoms with Gasteiger partial charge < -0.3 is 5.32 Å². The Balaban J connectivity index is 2.16. The van der Waals surface area contributed by atoms with Crippen molar-refractivity contribution in [2.24, 2.45) is 0 Å². The van der Waals surface area contributed by atoms with Gasteiger partial charge >= 0.3 is 0 Å². The van der Waals surface area contributed by atoms with Gasteiger partial charge in [-0.1, -0.05) is 23.7 Å². The van der Waals surface area contributed by atoms with Gasteiger partial charge in [-0.05, 0) is 65.2 Å². The molecule has 2 rings (SSSR count). The lowest BCUT2D eigenvalue weighted by Crippen LogP contribution is -2.18. The summed E-state index contributed by atoms with van der Waals surface area (Å²) >= 11 is 10.2. The van der Waals surface area contributed by atoms with E-state index in [1.807, 2.05) is 18.5 Å². The number of likely N-dealkylation sites (N-methyl/N-ethyl adjacent to an activating group) is 1. The van der Waals surface area contributed by atoms with Crippen molar-refractivity contribution in [3.05, 3.63) is 54.7 Å². The summed E-state index contributed by atoms with van der Waals surface area (Å²) in [5.41, 5.74) is 1.33. The molecule has 1 atom stereocenters. The highest BCUT2D eigenvalue weighted by molar-refractivity contribution is 14.1. The molecule has 0 spiro atoms. The first-order chi connectivity index (χ1) is 8.20. The number of nitrogens with one attached hydrogen (secondary N) is 1. The van der Waals surface area contributed by atoms with Crippen LogP contribution in [0.15, 0.2) is 35.7 Å². The molecule has 4 heteroatoms. The van der Waals surface area contributed by atoms with Gasteiger partial charge in [0.05, 0.1) is 5.02 Å². The topological polar surface area (TPSA) is 12.0 Å². The minimum absolute atomic E-state index is 0.294. The summed E-state index contributed by atoms with van der Waals surface area (Å²) in [5.74, 6) is 0. The molecule has 1 unspecified atom stereocenters. The molecule has 0 amide bonds. The highest BCUT2D eigenvalue weighted by atomic mass is 127. The van der Waals surface area contributed by atoms with E-state index in [4.69, 9.17) is 11.6 Å². The molecule has 1 heterocycles. The Hall–Kier alpha value is -0.100. The van der Waals surface area contributed by atoms with Gasteiger partial charge in [0, 0.05) is 14.5 Å². The summed E-state index contributed by atoms with van der Waals surface area (Å²) in [4.78, 5) is 1.22. The first-order valence-corrected chi connectivity index (χ1v) is 7.69. The smallest absolute Gasteiger partial charge is 0.0561 e. The summed E-state index contributed by atoms with van der Waals surface area (Å²) in [6.07, 6.45) is 0.966. The van der Waals surface area contributed by atoms with Gasteiger partial charge in [0.2, 0.25) is 0 Å². The van der Waals surface area contributed by atoms with Crippen molar-refractivity contribution in [1.82, 2.24) is 5.32 Å². The predicted molar refractivity (Wildman–Crippen MR) is 84.0 cm³/mol. The lowest BCUT2D eigenvalue weighted by Gasteiger charge is -2.15. The maximum absolute atomic E-state index is 6.17. The lowest BCUT2D eigenvalue weighted by molar-refractivity contribution is 0.602. The van der Waals surface area contributed by atoms with Crippen molar-refractivity contribution in [2.75, 3.05) is 7.05 Å². The number of hydrogen-bond acceptors (Lipinski definition) is 2. The second kappa shape index (κ2) is 6.18. The molecule has 0 aliphatic rings. The zero-order valence-corrected chi connectivity index (χ0v) is 13.1. The molecular formula is C13H13ClINS. The second-order valence-electron chi connectivity index (χ2n) is 3.80. The Morgan fingerprint density at radius 3 is 2.53 bits per heavy atom. The van der Waals surface area contributed by atoms with Crippen LogP contribution >= 0.6 is 45.5 Å². The van der Waals surface area contributed by atoms with Gasteiger partial charge in [-0.2, -0.15) is 0 Å². The van der Waals surface area contributed by atoms with Gasteiger partial charge in [-0.25, -0.2) is 0 Å². The van der Waals surface area contributed by atoms with E-state index in [0.29, 0.717) is 6.04 Å². The average molecular weight is 378 g/mol. The van der Waals surface area contributed by atoms with E-state index < -0.39 is 0 Å². The zero-order chi connectivity index (χ0) is 12.3. The Morgan fingerprint density at radius 1 is 1.29 bits per heavy atom. The largest absolute Gasteiger partial charge is 0.312 e. The fourth-order valence-corrected chi connectivity index (χ4v) is 3.40. The van der Waals surface area contributed by atoms with E-state index >= 15 is 0 Å². The molecule has 90 valence electrons. The van der Waals surface area contributed by atoms with E-state index in [9.17, 15) is 0 Å². The van der Waals surface area contributed by atoms with Crippen LogP contribution in [0.5, 0.6) is 0 Å². The predicted octanol–water partition coefficient (Wildman–Crippen LogP) is 4.51. The molecular weight excluding hydrogens is 365 g/mol. The van der Waals surface area contributed by atoms with Crippen LogP contribution in [-0.4, -0.2) is 7.05 Å². The highest BCUT2D eigenvalue weighted by Gasteiger charge is 2.14. The molecule has 1 nitrogen and oxygen atoms in total. The SMILES string of the molecule is CNC(Cc1ccc(I)cc1)c1sccc1Cl. The third-order valence-corrected chi connectivity index (χ3v) is 4.85. The standard InChI is InChI=1S/C13H13ClINS/c1-16-12(13-11(14)6-7-17-13)8-9-2-4-10(15)5-3-9/h2-7,12,16H,8H2,1H3. The molecule has 0 aliphatic heterocycles. The van der Waals surface area contributed by atoms with Crippen molar-refractivity contribution < 1.29 is 0 Å². The van der Waals surface area contributed by atoms with Crippen LogP contribution in [0.4, 0.5) is 0 Å². The molecule has 0 aliphatic carbocycles. The Bertz CT molecular complexity index is 480. The summed E-state index contributed by atoms with van der Waals surface area (Å²) in [5, 5.41) is 6.23. The fourth-order valence-electron chi connectivity index (χ4n) is 1.74. The molecule has 1 aromatic heterocycles. The van der Waals surface area contributed by atoms with E-state index in [1.54, 1.807) is 11.3 Å². The van der Waals surface area contributed by atoms with E-state index in [1.165, 1.54) is 14.0 Å². The summed E-state index contributed by atoms with van der Waals surface area (Å²) < 4.78 is 1.27. The van der Waals surface area contributed by atoms with Crippen LogP contribution in [0.25, 0.3) is 0 Å². The van der Waals surface area contributed by atoms with Gasteiger partial charge in [-0.3, -0.25) is 0 Å². The van der Waals surface area contributed by atoms with E-state index in [0.717, 1.165) is 11.4 Å². The second-order valence-corrected chi connectivity index (χ2v) is 6.41. The molecule has 17 heavy (non-hydrogen) atoms. The van der Waals surface area contributed by atoms with Crippen molar-refractivity contribution in [1.29, 1.82) is 0 Å². The van der Waals surface area contributed by atoms with Crippen LogP contribution in [0.3, 0.4) is 0 Å². The van der Waals surface area contributed by atoms with E-state index in [-0.39, 0.29) is 0 Å². The van der Waals surface area contributed by atoms with Crippen LogP contribution in [0.1, 0.15) is 16.5 Å². The first kappa shape index (κ1) is 13.3. The molecule has 1 N–H and O–H groups in total. The number of benzene rings is 1. The van der Waals surface area contributed by atoms with Crippen molar-refractivity contribution in [3.8, 4) is 0 Å². The van der Waals surface area contributed by atoms with Gasteiger partial charge in [0.25, 0.3) is 0 Å². The van der Waals surface area contributed by atoms with Crippen molar-refractivity contribution in [3.63, 3.8) is 0 Å². The lowest BCUT2D eigenvalue weighted by atomic mass is 10.1. The first-order valence-electron chi connectivity index (χ1n) is 5.35. The van der Waals surface area contributed by atoms with Crippen molar-refractivity contribution in [2.45, 2.75) is 12.5 Å². The molecule has 0 radical (unpaired) electrons. The molecule has 0 bridgehead atoms. The Morgan fingerprint density at radius 2 is 2.00 bits per heavy atom. The van der Waals surface area contributed by atoms with Crippen LogP contribution < -0.4 is 5.32 Å². The number of halogens is 2. The van der Waals surface area contributed by atoms with Gasteiger partial charge in [0.1, 0.15) is 0 Å². The molecule has 0 fully saturated rings. The highest BCUT2D eigenvalue weighted by Crippen LogP contribution is 2.30. The molecule has 0 saturated carbocycles. The minimum Gasteiger partial charge on any atom is -0.312 e. The summed E-state index contributed by atoms with van der Waals surface area (Å²) in [6, 6.07) is 10.9. The Kier molecular flexibility index (Phi) is 4.85.